The van der Waals surface area contributed by atoms with E-state index in [-0.39, 0.29) is 30.7 Å². The molecule has 3 atom stereocenters. The van der Waals surface area contributed by atoms with Crippen LogP contribution in [0.5, 0.6) is 0 Å². The number of ether oxygens (including phenoxy) is 3. The fourth-order valence-electron chi connectivity index (χ4n) is 8.27. The second kappa shape index (κ2) is 38.5. The Balaban J connectivity index is 2.61. The van der Waals surface area contributed by atoms with E-state index in [0.717, 1.165) is 64.6 Å². The summed E-state index contributed by atoms with van der Waals surface area (Å²) in [6.07, 6.45) is 43.3. The van der Waals surface area contributed by atoms with Crippen molar-refractivity contribution < 1.29 is 23.8 Å². The fourth-order valence-corrected chi connectivity index (χ4v) is 8.27. The van der Waals surface area contributed by atoms with Gasteiger partial charge in [0.15, 0.2) is 5.79 Å². The van der Waals surface area contributed by atoms with E-state index in [1.165, 1.54) is 154 Å². The first-order valence-corrected chi connectivity index (χ1v) is 25.4. The van der Waals surface area contributed by atoms with Gasteiger partial charge in [-0.25, -0.2) is 0 Å². The van der Waals surface area contributed by atoms with Crippen LogP contribution < -0.4 is 5.32 Å². The molecule has 0 unspecified atom stereocenters. The van der Waals surface area contributed by atoms with Gasteiger partial charge in [-0.2, -0.15) is 0 Å². The van der Waals surface area contributed by atoms with Crippen LogP contribution >= 0.6 is 0 Å². The van der Waals surface area contributed by atoms with Gasteiger partial charge in [0.1, 0.15) is 12.7 Å². The highest BCUT2D eigenvalue weighted by molar-refractivity contribution is 5.76. The summed E-state index contributed by atoms with van der Waals surface area (Å²) in [6.45, 7) is 16.1. The summed E-state index contributed by atoms with van der Waals surface area (Å²) in [6, 6.07) is -0.436. The summed E-state index contributed by atoms with van der Waals surface area (Å²) in [5, 5.41) is 3.26. The molecule has 0 aromatic carbocycles. The third-order valence-electron chi connectivity index (χ3n) is 11.9. The molecule has 1 heterocycles. The minimum Gasteiger partial charge on any atom is -0.463 e. The van der Waals surface area contributed by atoms with Gasteiger partial charge in [-0.3, -0.25) is 9.59 Å². The number of nitrogens with zero attached hydrogens (tertiary/aromatic N) is 1. The van der Waals surface area contributed by atoms with E-state index in [1.54, 1.807) is 0 Å². The molecule has 1 saturated heterocycles. The lowest BCUT2D eigenvalue weighted by Gasteiger charge is -2.27. The first kappa shape index (κ1) is 54.6. The highest BCUT2D eigenvalue weighted by Crippen LogP contribution is 2.33. The Morgan fingerprint density at radius 2 is 1.02 bits per heavy atom. The predicted octanol–water partition coefficient (Wildman–Crippen LogP) is 14.3. The van der Waals surface area contributed by atoms with E-state index in [4.69, 9.17) is 14.2 Å². The third kappa shape index (κ3) is 31.4. The Morgan fingerprint density at radius 3 is 1.53 bits per heavy atom. The molecule has 1 fully saturated rings. The molecule has 0 aliphatic carbocycles. The highest BCUT2D eigenvalue weighted by atomic mass is 16.8. The second-order valence-electron chi connectivity index (χ2n) is 18.2. The first-order chi connectivity index (χ1) is 28.3. The molecule has 0 saturated carbocycles. The summed E-state index contributed by atoms with van der Waals surface area (Å²) in [5.74, 6) is -0.930. The van der Waals surface area contributed by atoms with Gasteiger partial charge >= 0.3 is 5.97 Å². The Labute approximate surface area is 360 Å². The molecule has 0 aromatic rings. The number of unbranched alkanes of at least 4 members (excludes halogenated alkanes) is 24. The molecule has 0 radical (unpaired) electrons. The van der Waals surface area contributed by atoms with Crippen LogP contribution in [0.25, 0.3) is 0 Å². The van der Waals surface area contributed by atoms with Crippen LogP contribution in [-0.4, -0.2) is 67.1 Å². The number of carbonyl (C=O) groups excluding carboxylic acids is 2. The molecule has 7 nitrogen and oxygen atoms in total. The summed E-state index contributed by atoms with van der Waals surface area (Å²) in [7, 11) is 0. The van der Waals surface area contributed by atoms with Crippen molar-refractivity contribution in [3.05, 3.63) is 12.2 Å². The lowest BCUT2D eigenvalue weighted by molar-refractivity contribution is -0.155. The number of allylic oxidation sites excluding steroid dienone is 2. The summed E-state index contributed by atoms with van der Waals surface area (Å²) >= 11 is 0. The Hall–Kier alpha value is -1.44. The first-order valence-electron chi connectivity index (χ1n) is 25.4. The Kier molecular flexibility index (Phi) is 36.2. The molecule has 1 amide bonds. The molecular weight excluding hydrogens is 721 g/mol. The number of esters is 1. The lowest BCUT2D eigenvalue weighted by atomic mass is 9.99. The summed E-state index contributed by atoms with van der Waals surface area (Å²) in [5.41, 5.74) is 0. The molecule has 0 bridgehead atoms. The molecule has 1 aliphatic rings. The SMILES string of the molecule is CCCCCCCC/C=C\CCCCCCCC(=O)N[C@@H](COC(=O)CCCN(CCCC)CCCC)[C@@H]1OC(C)(C)O[C@@H]1CCCCCCCCCCCCCC. The third-order valence-corrected chi connectivity index (χ3v) is 11.9. The van der Waals surface area contributed by atoms with Crippen molar-refractivity contribution in [3.8, 4) is 0 Å². The van der Waals surface area contributed by atoms with Gasteiger partial charge in [-0.05, 0) is 91.3 Å². The van der Waals surface area contributed by atoms with Crippen molar-refractivity contribution in [2.75, 3.05) is 26.2 Å². The van der Waals surface area contributed by atoms with Crippen LogP contribution in [0, 0.1) is 0 Å². The van der Waals surface area contributed by atoms with Gasteiger partial charge in [-0.1, -0.05) is 181 Å². The number of hydrogen-bond donors (Lipinski definition) is 1. The number of rotatable bonds is 42. The zero-order valence-electron chi connectivity index (χ0n) is 39.5. The molecule has 1 aliphatic heterocycles. The lowest BCUT2D eigenvalue weighted by Crippen LogP contribution is -2.50. The monoisotopic (exact) mass is 819 g/mol. The van der Waals surface area contributed by atoms with Crippen LogP contribution in [0.3, 0.4) is 0 Å². The Bertz CT molecular complexity index is 963. The average Bonchev–Trinajstić information content (AvgIpc) is 3.52. The van der Waals surface area contributed by atoms with Gasteiger partial charge in [0, 0.05) is 12.8 Å². The van der Waals surface area contributed by atoms with E-state index < -0.39 is 11.8 Å². The van der Waals surface area contributed by atoms with Gasteiger partial charge in [0.25, 0.3) is 0 Å². The standard InChI is InChI=1S/C51H98N2O5/c1-7-11-15-17-19-21-23-25-26-27-29-31-33-35-37-40-48(54)52-46(45-56-49(55)41-38-44-53(42-13-9-3)43-14-10-4)50-47(57-51(5,6)58-50)39-36-34-32-30-28-24-22-20-18-16-12-8-2/h25-26,46-47,50H,7-24,27-45H2,1-6H3,(H,52,54)/b26-25-/t46-,47+,50-/m0/s1. The van der Waals surface area contributed by atoms with Crippen molar-refractivity contribution in [2.45, 2.75) is 277 Å². The van der Waals surface area contributed by atoms with Crippen LogP contribution in [0.1, 0.15) is 253 Å². The maximum absolute atomic E-state index is 13.4. The summed E-state index contributed by atoms with van der Waals surface area (Å²) < 4.78 is 18.9. The topological polar surface area (TPSA) is 77.1 Å². The largest absolute Gasteiger partial charge is 0.463 e. The Morgan fingerprint density at radius 1 is 0.569 bits per heavy atom. The number of carbonyl (C=O) groups is 2. The average molecular weight is 819 g/mol. The minimum absolute atomic E-state index is 0.0126. The van der Waals surface area contributed by atoms with Gasteiger partial charge in [0.2, 0.25) is 5.91 Å². The molecule has 0 spiro atoms. The van der Waals surface area contributed by atoms with Gasteiger partial charge < -0.3 is 24.4 Å². The van der Waals surface area contributed by atoms with Crippen LogP contribution in [0.15, 0.2) is 12.2 Å². The number of nitrogens with one attached hydrogen (secondary N) is 1. The predicted molar refractivity (Wildman–Crippen MR) is 247 cm³/mol. The number of amides is 1. The molecule has 1 rings (SSSR count). The molecule has 7 heteroatoms. The highest BCUT2D eigenvalue weighted by Gasteiger charge is 2.45. The van der Waals surface area contributed by atoms with Crippen LogP contribution in [0.2, 0.25) is 0 Å². The van der Waals surface area contributed by atoms with Crippen molar-refractivity contribution in [1.29, 1.82) is 0 Å². The van der Waals surface area contributed by atoms with E-state index in [2.05, 4.69) is 50.1 Å². The normalized spacial score (nSPS) is 17.1. The maximum atomic E-state index is 13.4. The zero-order chi connectivity index (χ0) is 42.4. The van der Waals surface area contributed by atoms with Crippen LogP contribution in [-0.2, 0) is 23.8 Å². The fraction of sp³-hybridized carbons (Fsp3) is 0.922. The van der Waals surface area contributed by atoms with E-state index >= 15 is 0 Å². The van der Waals surface area contributed by atoms with E-state index in [1.807, 2.05) is 13.8 Å². The molecule has 58 heavy (non-hydrogen) atoms. The molecule has 1 N–H and O–H groups in total. The number of hydrogen-bond acceptors (Lipinski definition) is 6. The zero-order valence-corrected chi connectivity index (χ0v) is 39.5. The molecule has 0 aromatic heterocycles. The van der Waals surface area contributed by atoms with Gasteiger partial charge in [0.05, 0.1) is 12.1 Å². The molecule has 342 valence electrons. The van der Waals surface area contributed by atoms with E-state index in [9.17, 15) is 9.59 Å². The molecular formula is C51H98N2O5. The smallest absolute Gasteiger partial charge is 0.305 e. The quantitative estimate of drug-likeness (QED) is 0.0376. The van der Waals surface area contributed by atoms with Crippen molar-refractivity contribution in [3.63, 3.8) is 0 Å². The maximum Gasteiger partial charge on any atom is 0.305 e. The second-order valence-corrected chi connectivity index (χ2v) is 18.2. The van der Waals surface area contributed by atoms with Crippen molar-refractivity contribution in [2.24, 2.45) is 0 Å². The van der Waals surface area contributed by atoms with Gasteiger partial charge in [-0.15, -0.1) is 0 Å². The van der Waals surface area contributed by atoms with E-state index in [0.29, 0.717) is 12.8 Å². The minimum atomic E-state index is -0.747. The van der Waals surface area contributed by atoms with Crippen molar-refractivity contribution >= 4 is 11.9 Å². The van der Waals surface area contributed by atoms with Crippen molar-refractivity contribution in [1.82, 2.24) is 10.2 Å². The van der Waals surface area contributed by atoms with Crippen LogP contribution in [0.4, 0.5) is 0 Å². The summed E-state index contributed by atoms with van der Waals surface area (Å²) in [4.78, 5) is 28.9.